The molecule has 0 amide bonds. The molecule has 0 aliphatic carbocycles. The molecular formula is C19H16N2OS. The van der Waals surface area contributed by atoms with E-state index in [-0.39, 0.29) is 0 Å². The minimum absolute atomic E-state index is 0.818. The summed E-state index contributed by atoms with van der Waals surface area (Å²) in [6, 6.07) is 20.5. The Morgan fingerprint density at radius 2 is 1.83 bits per heavy atom. The highest BCUT2D eigenvalue weighted by atomic mass is 32.1. The van der Waals surface area contributed by atoms with Gasteiger partial charge in [0.25, 0.3) is 0 Å². The highest BCUT2D eigenvalue weighted by Crippen LogP contribution is 2.30. The van der Waals surface area contributed by atoms with Gasteiger partial charge in [-0.15, -0.1) is 11.3 Å². The van der Waals surface area contributed by atoms with Gasteiger partial charge in [-0.3, -0.25) is 0 Å². The summed E-state index contributed by atoms with van der Waals surface area (Å²) in [6.45, 7) is 0.872. The van der Waals surface area contributed by atoms with Crippen LogP contribution in [0.4, 0.5) is 5.13 Å². The van der Waals surface area contributed by atoms with Gasteiger partial charge in [-0.2, -0.15) is 0 Å². The van der Waals surface area contributed by atoms with Crippen LogP contribution < -0.4 is 5.32 Å². The number of fused-ring (bicyclic) bond motifs is 1. The molecule has 0 aliphatic heterocycles. The topological polar surface area (TPSA) is 38.1 Å². The average Bonchev–Trinajstić information content (AvgIpc) is 3.22. The van der Waals surface area contributed by atoms with Crippen molar-refractivity contribution in [1.29, 1.82) is 0 Å². The van der Waals surface area contributed by atoms with Crippen LogP contribution in [0.15, 0.2) is 70.5 Å². The number of benzene rings is 2. The van der Waals surface area contributed by atoms with Crippen LogP contribution in [-0.2, 0) is 6.42 Å². The van der Waals surface area contributed by atoms with Gasteiger partial charge in [0.1, 0.15) is 11.3 Å². The van der Waals surface area contributed by atoms with Crippen LogP contribution in [0.5, 0.6) is 0 Å². The third-order valence-corrected chi connectivity index (χ3v) is 4.51. The second-order valence-corrected chi connectivity index (χ2v) is 6.21. The normalized spacial score (nSPS) is 11.0. The molecule has 0 atom stereocenters. The van der Waals surface area contributed by atoms with Crippen LogP contribution in [-0.4, -0.2) is 11.5 Å². The minimum Gasteiger partial charge on any atom is -0.454 e. The molecule has 2 aromatic heterocycles. The van der Waals surface area contributed by atoms with Crippen molar-refractivity contribution in [3.63, 3.8) is 0 Å². The summed E-state index contributed by atoms with van der Waals surface area (Å²) in [5.41, 5.74) is 3.11. The summed E-state index contributed by atoms with van der Waals surface area (Å²) < 4.78 is 5.86. The highest BCUT2D eigenvalue weighted by molar-refractivity contribution is 7.14. The van der Waals surface area contributed by atoms with Crippen molar-refractivity contribution >= 4 is 27.4 Å². The molecule has 23 heavy (non-hydrogen) atoms. The van der Waals surface area contributed by atoms with Crippen LogP contribution in [0.3, 0.4) is 0 Å². The van der Waals surface area contributed by atoms with Crippen LogP contribution in [0.2, 0.25) is 0 Å². The number of furan rings is 1. The number of nitrogens with one attached hydrogen (secondary N) is 1. The number of rotatable bonds is 5. The van der Waals surface area contributed by atoms with Crippen LogP contribution in [0, 0.1) is 0 Å². The van der Waals surface area contributed by atoms with Gasteiger partial charge in [0.2, 0.25) is 0 Å². The van der Waals surface area contributed by atoms with E-state index >= 15 is 0 Å². The maximum atomic E-state index is 5.86. The van der Waals surface area contributed by atoms with Gasteiger partial charge in [-0.05, 0) is 24.1 Å². The summed E-state index contributed by atoms with van der Waals surface area (Å²) in [5, 5.41) is 7.45. The SMILES string of the molecule is c1ccc(CCNc2nc(-c3cc4ccccc4o3)cs2)cc1. The summed E-state index contributed by atoms with van der Waals surface area (Å²) in [4.78, 5) is 4.62. The number of anilines is 1. The quantitative estimate of drug-likeness (QED) is 0.548. The Morgan fingerprint density at radius 1 is 1.00 bits per heavy atom. The van der Waals surface area contributed by atoms with E-state index in [0.717, 1.165) is 40.5 Å². The van der Waals surface area contributed by atoms with E-state index in [1.807, 2.05) is 41.8 Å². The molecule has 0 saturated heterocycles. The predicted molar refractivity (Wildman–Crippen MR) is 96.0 cm³/mol. The number of thiazole rings is 1. The number of para-hydroxylation sites is 1. The number of nitrogens with zero attached hydrogens (tertiary/aromatic N) is 1. The predicted octanol–water partition coefficient (Wildman–Crippen LogP) is 5.21. The van der Waals surface area contributed by atoms with Gasteiger partial charge in [0, 0.05) is 17.3 Å². The Morgan fingerprint density at radius 3 is 2.70 bits per heavy atom. The van der Waals surface area contributed by atoms with E-state index in [9.17, 15) is 0 Å². The monoisotopic (exact) mass is 320 g/mol. The summed E-state index contributed by atoms with van der Waals surface area (Å²) in [6.07, 6.45) is 0.986. The molecule has 4 rings (SSSR count). The lowest BCUT2D eigenvalue weighted by atomic mass is 10.1. The van der Waals surface area contributed by atoms with Gasteiger partial charge < -0.3 is 9.73 Å². The number of aromatic nitrogens is 1. The first-order valence-electron chi connectivity index (χ1n) is 7.61. The van der Waals surface area contributed by atoms with Crippen molar-refractivity contribution in [2.24, 2.45) is 0 Å². The minimum atomic E-state index is 0.818. The van der Waals surface area contributed by atoms with Crippen molar-refractivity contribution in [2.75, 3.05) is 11.9 Å². The molecule has 4 heteroatoms. The van der Waals surface area contributed by atoms with E-state index in [1.54, 1.807) is 11.3 Å². The van der Waals surface area contributed by atoms with Crippen LogP contribution >= 0.6 is 11.3 Å². The third-order valence-electron chi connectivity index (χ3n) is 3.71. The molecule has 2 aromatic carbocycles. The number of hydrogen-bond donors (Lipinski definition) is 1. The maximum absolute atomic E-state index is 5.86. The molecular weight excluding hydrogens is 304 g/mol. The summed E-state index contributed by atoms with van der Waals surface area (Å²) in [7, 11) is 0. The van der Waals surface area contributed by atoms with E-state index in [1.165, 1.54) is 5.56 Å². The molecule has 1 N–H and O–H groups in total. The molecule has 3 nitrogen and oxygen atoms in total. The van der Waals surface area contributed by atoms with Crippen molar-refractivity contribution in [1.82, 2.24) is 4.98 Å². The Hall–Kier alpha value is -2.59. The molecule has 0 saturated carbocycles. The van der Waals surface area contributed by atoms with E-state index in [2.05, 4.69) is 34.6 Å². The molecule has 114 valence electrons. The molecule has 0 radical (unpaired) electrons. The summed E-state index contributed by atoms with van der Waals surface area (Å²) in [5.74, 6) is 0.818. The molecule has 2 heterocycles. The van der Waals surface area contributed by atoms with Crippen LogP contribution in [0.1, 0.15) is 5.56 Å². The van der Waals surface area contributed by atoms with Crippen molar-refractivity contribution in [3.8, 4) is 11.5 Å². The number of hydrogen-bond acceptors (Lipinski definition) is 4. The zero-order valence-corrected chi connectivity index (χ0v) is 13.3. The second-order valence-electron chi connectivity index (χ2n) is 5.35. The second kappa shape index (κ2) is 6.26. The lowest BCUT2D eigenvalue weighted by Gasteiger charge is -2.02. The van der Waals surface area contributed by atoms with E-state index in [4.69, 9.17) is 4.42 Å². The smallest absolute Gasteiger partial charge is 0.183 e. The molecule has 0 bridgehead atoms. The Kier molecular flexibility index (Phi) is 3.82. The van der Waals surface area contributed by atoms with Crippen molar-refractivity contribution in [2.45, 2.75) is 6.42 Å². The zero-order valence-electron chi connectivity index (χ0n) is 12.5. The van der Waals surface area contributed by atoms with Crippen LogP contribution in [0.25, 0.3) is 22.4 Å². The first-order chi connectivity index (χ1) is 11.4. The Bertz CT molecular complexity index is 878. The summed E-state index contributed by atoms with van der Waals surface area (Å²) >= 11 is 1.61. The Balaban J connectivity index is 1.44. The fourth-order valence-corrected chi connectivity index (χ4v) is 3.26. The fraction of sp³-hybridized carbons (Fsp3) is 0.105. The molecule has 0 aliphatic rings. The molecule has 0 spiro atoms. The maximum Gasteiger partial charge on any atom is 0.183 e. The first-order valence-corrected chi connectivity index (χ1v) is 8.49. The molecule has 0 fully saturated rings. The third kappa shape index (κ3) is 3.12. The lowest BCUT2D eigenvalue weighted by Crippen LogP contribution is -2.04. The molecule has 0 unspecified atom stereocenters. The van der Waals surface area contributed by atoms with Gasteiger partial charge in [-0.25, -0.2) is 4.98 Å². The van der Waals surface area contributed by atoms with Gasteiger partial charge >= 0.3 is 0 Å². The largest absolute Gasteiger partial charge is 0.454 e. The van der Waals surface area contributed by atoms with E-state index < -0.39 is 0 Å². The van der Waals surface area contributed by atoms with Gasteiger partial charge in [0.05, 0.1) is 0 Å². The van der Waals surface area contributed by atoms with Gasteiger partial charge in [0.15, 0.2) is 10.9 Å². The standard InChI is InChI=1S/C19H16N2OS/c1-2-6-14(7-3-1)10-11-20-19-21-16(13-23-19)18-12-15-8-4-5-9-17(15)22-18/h1-9,12-13H,10-11H2,(H,20,21). The van der Waals surface area contributed by atoms with E-state index in [0.29, 0.717) is 0 Å². The lowest BCUT2D eigenvalue weighted by molar-refractivity contribution is 0.629. The average molecular weight is 320 g/mol. The molecule has 4 aromatic rings. The van der Waals surface area contributed by atoms with Crippen molar-refractivity contribution in [3.05, 3.63) is 71.6 Å². The fourth-order valence-electron chi connectivity index (χ4n) is 2.53. The first kappa shape index (κ1) is 14.0. The van der Waals surface area contributed by atoms with Crippen molar-refractivity contribution < 1.29 is 4.42 Å². The Labute approximate surface area is 138 Å². The highest BCUT2D eigenvalue weighted by Gasteiger charge is 2.09. The zero-order chi connectivity index (χ0) is 15.5. The van der Waals surface area contributed by atoms with Gasteiger partial charge in [-0.1, -0.05) is 48.5 Å².